The van der Waals surface area contributed by atoms with Crippen LogP contribution in [0.3, 0.4) is 0 Å². The summed E-state index contributed by atoms with van der Waals surface area (Å²) in [4.78, 5) is 12.7. The Morgan fingerprint density at radius 2 is 1.71 bits per heavy atom. The molecule has 3 aromatic rings. The first kappa shape index (κ1) is 20.1. The molecule has 0 spiro atoms. The van der Waals surface area contributed by atoms with E-state index in [0.29, 0.717) is 16.3 Å². The van der Waals surface area contributed by atoms with E-state index in [4.69, 9.17) is 11.6 Å². The summed E-state index contributed by atoms with van der Waals surface area (Å²) in [6.45, 7) is 1.92. The molecule has 0 aliphatic carbocycles. The molecule has 0 atom stereocenters. The fourth-order valence-electron chi connectivity index (χ4n) is 2.64. The molecule has 0 aliphatic heterocycles. The van der Waals surface area contributed by atoms with E-state index >= 15 is 0 Å². The highest BCUT2D eigenvalue weighted by molar-refractivity contribution is 7.89. The van der Waals surface area contributed by atoms with Gasteiger partial charge in [0.2, 0.25) is 10.0 Å². The van der Waals surface area contributed by atoms with Crippen LogP contribution in [0.5, 0.6) is 0 Å². The summed E-state index contributed by atoms with van der Waals surface area (Å²) in [5, 5.41) is 3.23. The number of anilines is 1. The number of aryl methyl sites for hydroxylation is 1. The van der Waals surface area contributed by atoms with Gasteiger partial charge in [-0.25, -0.2) is 13.1 Å². The van der Waals surface area contributed by atoms with Crippen LogP contribution in [0, 0.1) is 6.92 Å². The van der Waals surface area contributed by atoms with Gasteiger partial charge in [-0.2, -0.15) is 0 Å². The molecule has 0 saturated heterocycles. The van der Waals surface area contributed by atoms with Crippen molar-refractivity contribution in [2.45, 2.75) is 18.4 Å². The molecule has 7 heteroatoms. The smallest absolute Gasteiger partial charge is 0.255 e. The maximum atomic E-state index is 12.6. The Labute approximate surface area is 169 Å². The Kier molecular flexibility index (Phi) is 6.14. The van der Waals surface area contributed by atoms with Crippen LogP contribution in [0.1, 0.15) is 21.5 Å². The van der Waals surface area contributed by atoms with Crippen LogP contribution in [0.4, 0.5) is 5.69 Å². The largest absolute Gasteiger partial charge is 0.322 e. The van der Waals surface area contributed by atoms with Crippen molar-refractivity contribution in [2.75, 3.05) is 5.32 Å². The molecule has 5 nitrogen and oxygen atoms in total. The second-order valence-corrected chi connectivity index (χ2v) is 8.45. The number of rotatable bonds is 6. The third-order valence-corrected chi connectivity index (χ3v) is 5.79. The van der Waals surface area contributed by atoms with Crippen LogP contribution in [0.2, 0.25) is 5.02 Å². The minimum absolute atomic E-state index is 0.0327. The van der Waals surface area contributed by atoms with Crippen molar-refractivity contribution in [1.29, 1.82) is 0 Å². The number of carbonyl (C=O) groups is 1. The zero-order valence-corrected chi connectivity index (χ0v) is 16.7. The highest BCUT2D eigenvalue weighted by atomic mass is 35.5. The zero-order chi connectivity index (χ0) is 20.1. The molecule has 0 fully saturated rings. The highest BCUT2D eigenvalue weighted by Gasteiger charge is 2.18. The first-order valence-corrected chi connectivity index (χ1v) is 10.4. The van der Waals surface area contributed by atoms with Gasteiger partial charge in [0, 0.05) is 22.8 Å². The molecule has 3 rings (SSSR count). The van der Waals surface area contributed by atoms with Gasteiger partial charge in [0.15, 0.2) is 0 Å². The van der Waals surface area contributed by atoms with Crippen LogP contribution in [-0.2, 0) is 16.6 Å². The van der Waals surface area contributed by atoms with Gasteiger partial charge in [-0.05, 0) is 48.4 Å². The number of amides is 1. The monoisotopic (exact) mass is 414 g/mol. The van der Waals surface area contributed by atoms with Gasteiger partial charge in [-0.15, -0.1) is 0 Å². The summed E-state index contributed by atoms with van der Waals surface area (Å²) >= 11 is 5.94. The molecule has 0 saturated carbocycles. The Morgan fingerprint density at radius 1 is 0.964 bits per heavy atom. The first-order chi connectivity index (χ1) is 13.3. The normalized spacial score (nSPS) is 11.2. The predicted molar refractivity (Wildman–Crippen MR) is 111 cm³/mol. The van der Waals surface area contributed by atoms with Crippen molar-refractivity contribution < 1.29 is 13.2 Å². The van der Waals surface area contributed by atoms with Crippen molar-refractivity contribution in [2.24, 2.45) is 0 Å². The molecule has 144 valence electrons. The van der Waals surface area contributed by atoms with E-state index in [9.17, 15) is 13.2 Å². The van der Waals surface area contributed by atoms with E-state index < -0.39 is 15.9 Å². The molecule has 0 radical (unpaired) electrons. The molecule has 3 aromatic carbocycles. The zero-order valence-electron chi connectivity index (χ0n) is 15.1. The summed E-state index contributed by atoms with van der Waals surface area (Å²) in [5.74, 6) is -0.403. The number of halogens is 1. The molecular formula is C21H19ClN2O3S. The van der Waals surface area contributed by atoms with Crippen molar-refractivity contribution in [3.63, 3.8) is 0 Å². The topological polar surface area (TPSA) is 75.3 Å². The van der Waals surface area contributed by atoms with Gasteiger partial charge in [0.25, 0.3) is 5.91 Å². The van der Waals surface area contributed by atoms with Crippen molar-refractivity contribution in [3.05, 3.63) is 94.5 Å². The molecule has 0 heterocycles. The number of nitrogens with one attached hydrogen (secondary N) is 2. The van der Waals surface area contributed by atoms with Crippen LogP contribution in [0.25, 0.3) is 0 Å². The number of hydrogen-bond acceptors (Lipinski definition) is 3. The molecule has 0 aliphatic rings. The fourth-order valence-corrected chi connectivity index (χ4v) is 3.87. The number of benzene rings is 3. The van der Waals surface area contributed by atoms with Gasteiger partial charge in [0.05, 0.1) is 4.90 Å². The van der Waals surface area contributed by atoms with Crippen LogP contribution in [0.15, 0.2) is 77.7 Å². The van der Waals surface area contributed by atoms with Gasteiger partial charge in [-0.1, -0.05) is 54.1 Å². The average Bonchev–Trinajstić information content (AvgIpc) is 2.67. The number of carbonyl (C=O) groups excluding carboxylic acids is 1. The summed E-state index contributed by atoms with van der Waals surface area (Å²) in [6, 6.07) is 20.4. The third-order valence-electron chi connectivity index (χ3n) is 4.16. The molecule has 2 N–H and O–H groups in total. The van der Waals surface area contributed by atoms with E-state index in [0.717, 1.165) is 5.56 Å². The summed E-state index contributed by atoms with van der Waals surface area (Å²) < 4.78 is 27.8. The van der Waals surface area contributed by atoms with Gasteiger partial charge >= 0.3 is 0 Å². The second kappa shape index (κ2) is 8.56. The summed E-state index contributed by atoms with van der Waals surface area (Å²) in [7, 11) is -3.76. The minimum atomic E-state index is -3.76. The Bertz CT molecular complexity index is 1100. The van der Waals surface area contributed by atoms with Gasteiger partial charge in [0.1, 0.15) is 0 Å². The van der Waals surface area contributed by atoms with Crippen LogP contribution in [-0.4, -0.2) is 14.3 Å². The van der Waals surface area contributed by atoms with E-state index in [1.807, 2.05) is 30.3 Å². The van der Waals surface area contributed by atoms with E-state index in [1.54, 1.807) is 37.3 Å². The maximum absolute atomic E-state index is 12.6. The highest BCUT2D eigenvalue weighted by Crippen LogP contribution is 2.20. The molecule has 0 unspecified atom stereocenters. The molecule has 0 bridgehead atoms. The van der Waals surface area contributed by atoms with Crippen molar-refractivity contribution in [3.8, 4) is 0 Å². The summed E-state index contributed by atoms with van der Waals surface area (Å²) in [6.07, 6.45) is 0. The number of hydrogen-bond donors (Lipinski definition) is 2. The van der Waals surface area contributed by atoms with Gasteiger partial charge in [-0.3, -0.25) is 4.79 Å². The molecular weight excluding hydrogens is 396 g/mol. The Balaban J connectivity index is 1.81. The van der Waals surface area contributed by atoms with Crippen LogP contribution >= 0.6 is 11.6 Å². The second-order valence-electron chi connectivity index (χ2n) is 6.25. The predicted octanol–water partition coefficient (Wildman–Crippen LogP) is 4.38. The molecule has 0 aromatic heterocycles. The SMILES string of the molecule is Cc1ccc(S(=O)(=O)NCc2ccccc2)cc1C(=O)Nc1cccc(Cl)c1. The van der Waals surface area contributed by atoms with Crippen molar-refractivity contribution in [1.82, 2.24) is 4.72 Å². The molecule has 1 amide bonds. The standard InChI is InChI=1S/C21H19ClN2O3S/c1-15-10-11-19(28(26,27)23-14-16-6-3-2-4-7-16)13-20(15)21(25)24-18-9-5-8-17(22)12-18/h2-13,23H,14H2,1H3,(H,24,25). The lowest BCUT2D eigenvalue weighted by molar-refractivity contribution is 0.102. The van der Waals surface area contributed by atoms with Crippen LogP contribution < -0.4 is 10.0 Å². The first-order valence-electron chi connectivity index (χ1n) is 8.56. The lowest BCUT2D eigenvalue weighted by Crippen LogP contribution is -2.24. The van der Waals surface area contributed by atoms with Gasteiger partial charge < -0.3 is 5.32 Å². The fraction of sp³-hybridized carbons (Fsp3) is 0.0952. The Morgan fingerprint density at radius 3 is 2.43 bits per heavy atom. The minimum Gasteiger partial charge on any atom is -0.322 e. The average molecular weight is 415 g/mol. The van der Waals surface area contributed by atoms with E-state index in [-0.39, 0.29) is 17.0 Å². The van der Waals surface area contributed by atoms with E-state index in [1.165, 1.54) is 12.1 Å². The molecule has 28 heavy (non-hydrogen) atoms. The number of sulfonamides is 1. The third kappa shape index (κ3) is 4.98. The quantitative estimate of drug-likeness (QED) is 0.628. The maximum Gasteiger partial charge on any atom is 0.255 e. The summed E-state index contributed by atoms with van der Waals surface area (Å²) in [5.41, 5.74) is 2.33. The lowest BCUT2D eigenvalue weighted by atomic mass is 10.1. The Hall–Kier alpha value is -2.67. The van der Waals surface area contributed by atoms with Crippen molar-refractivity contribution >= 4 is 33.2 Å². The lowest BCUT2D eigenvalue weighted by Gasteiger charge is -2.11. The van der Waals surface area contributed by atoms with E-state index in [2.05, 4.69) is 10.0 Å².